The van der Waals surface area contributed by atoms with Crippen LogP contribution in [-0.4, -0.2) is 23.1 Å². The Bertz CT molecular complexity index is 634. The molecule has 1 heterocycles. The first-order chi connectivity index (χ1) is 10.7. The van der Waals surface area contributed by atoms with Gasteiger partial charge in [0.05, 0.1) is 0 Å². The van der Waals surface area contributed by atoms with Gasteiger partial charge in [0.1, 0.15) is 5.75 Å². The highest BCUT2D eigenvalue weighted by Gasteiger charge is 2.30. The van der Waals surface area contributed by atoms with Crippen molar-refractivity contribution in [3.05, 3.63) is 48.3 Å². The standard InChI is InChI=1S/C17H18F3NO2/c1-16(2,11-22)9-14-6-3-13(10-21-14)12-4-7-15(8-5-12)23-17(18,19)20/h3-8,10,22H,9,11H2,1-2H3. The minimum absolute atomic E-state index is 0.0666. The fourth-order valence-corrected chi connectivity index (χ4v) is 2.10. The Kier molecular flexibility index (Phi) is 4.94. The van der Waals surface area contributed by atoms with Gasteiger partial charge in [-0.1, -0.05) is 32.0 Å². The van der Waals surface area contributed by atoms with Crippen LogP contribution >= 0.6 is 0 Å². The van der Waals surface area contributed by atoms with Crippen LogP contribution in [0, 0.1) is 5.41 Å². The zero-order valence-electron chi connectivity index (χ0n) is 12.9. The van der Waals surface area contributed by atoms with Gasteiger partial charge in [0.25, 0.3) is 0 Å². The van der Waals surface area contributed by atoms with E-state index < -0.39 is 6.36 Å². The van der Waals surface area contributed by atoms with Crippen molar-refractivity contribution in [1.82, 2.24) is 4.98 Å². The highest BCUT2D eigenvalue weighted by atomic mass is 19.4. The van der Waals surface area contributed by atoms with Gasteiger partial charge in [-0.2, -0.15) is 0 Å². The summed E-state index contributed by atoms with van der Waals surface area (Å²) in [7, 11) is 0. The monoisotopic (exact) mass is 325 g/mol. The van der Waals surface area contributed by atoms with Gasteiger partial charge in [0.15, 0.2) is 0 Å². The first-order valence-electron chi connectivity index (χ1n) is 7.10. The Labute approximate surface area is 132 Å². The van der Waals surface area contributed by atoms with Crippen molar-refractivity contribution in [2.24, 2.45) is 5.41 Å². The fourth-order valence-electron chi connectivity index (χ4n) is 2.10. The molecule has 0 amide bonds. The van der Waals surface area contributed by atoms with Crippen molar-refractivity contribution in [2.45, 2.75) is 26.6 Å². The van der Waals surface area contributed by atoms with Crippen LogP contribution in [0.25, 0.3) is 11.1 Å². The van der Waals surface area contributed by atoms with Crippen molar-refractivity contribution in [3.63, 3.8) is 0 Å². The molecule has 0 spiro atoms. The SMILES string of the molecule is CC(C)(CO)Cc1ccc(-c2ccc(OC(F)(F)F)cc2)cn1. The first-order valence-corrected chi connectivity index (χ1v) is 7.10. The lowest BCUT2D eigenvalue weighted by Gasteiger charge is -2.20. The molecule has 6 heteroatoms. The van der Waals surface area contributed by atoms with Crippen LogP contribution in [0.2, 0.25) is 0 Å². The average molecular weight is 325 g/mol. The Hall–Kier alpha value is -2.08. The summed E-state index contributed by atoms with van der Waals surface area (Å²) in [5.41, 5.74) is 2.16. The molecule has 3 nitrogen and oxygen atoms in total. The molecule has 2 rings (SSSR count). The molecule has 0 aliphatic heterocycles. The number of hydrogen-bond donors (Lipinski definition) is 1. The average Bonchev–Trinajstić information content (AvgIpc) is 2.47. The second-order valence-electron chi connectivity index (χ2n) is 6.11. The number of ether oxygens (including phenoxy) is 1. The predicted molar refractivity (Wildman–Crippen MR) is 80.9 cm³/mol. The maximum atomic E-state index is 12.1. The van der Waals surface area contributed by atoms with Gasteiger partial charge >= 0.3 is 6.36 Å². The minimum atomic E-state index is -4.69. The minimum Gasteiger partial charge on any atom is -0.406 e. The molecule has 0 atom stereocenters. The highest BCUT2D eigenvalue weighted by Crippen LogP contribution is 2.27. The zero-order chi connectivity index (χ0) is 17.1. The Morgan fingerprint density at radius 2 is 1.61 bits per heavy atom. The van der Waals surface area contributed by atoms with E-state index in [0.717, 1.165) is 16.8 Å². The van der Waals surface area contributed by atoms with Gasteiger partial charge in [-0.3, -0.25) is 4.98 Å². The van der Waals surface area contributed by atoms with E-state index >= 15 is 0 Å². The summed E-state index contributed by atoms with van der Waals surface area (Å²) in [5.74, 6) is -0.254. The van der Waals surface area contributed by atoms with Crippen LogP contribution in [0.15, 0.2) is 42.6 Å². The van der Waals surface area contributed by atoms with Crippen LogP contribution in [0.4, 0.5) is 13.2 Å². The number of alkyl halides is 3. The maximum Gasteiger partial charge on any atom is 0.573 e. The van der Waals surface area contributed by atoms with Crippen LogP contribution in [0.1, 0.15) is 19.5 Å². The lowest BCUT2D eigenvalue weighted by molar-refractivity contribution is -0.274. The summed E-state index contributed by atoms with van der Waals surface area (Å²) in [6.45, 7) is 3.96. The number of benzene rings is 1. The smallest absolute Gasteiger partial charge is 0.406 e. The van der Waals surface area contributed by atoms with E-state index in [1.165, 1.54) is 12.1 Å². The summed E-state index contributed by atoms with van der Waals surface area (Å²) < 4.78 is 40.2. The third-order valence-electron chi connectivity index (χ3n) is 3.33. The third-order valence-corrected chi connectivity index (χ3v) is 3.33. The lowest BCUT2D eigenvalue weighted by atomic mass is 9.88. The topological polar surface area (TPSA) is 42.4 Å². The molecule has 1 aromatic carbocycles. The van der Waals surface area contributed by atoms with Crippen molar-refractivity contribution in [1.29, 1.82) is 0 Å². The summed E-state index contributed by atoms with van der Waals surface area (Å²) in [4.78, 5) is 4.35. The molecule has 1 aromatic heterocycles. The molecule has 0 fully saturated rings. The molecule has 23 heavy (non-hydrogen) atoms. The summed E-state index contributed by atoms with van der Waals surface area (Å²) in [5, 5.41) is 9.27. The van der Waals surface area contributed by atoms with Crippen molar-refractivity contribution in [3.8, 4) is 16.9 Å². The molecule has 2 aromatic rings. The van der Waals surface area contributed by atoms with Crippen LogP contribution in [0.3, 0.4) is 0 Å². The number of nitrogens with zero attached hydrogens (tertiary/aromatic N) is 1. The Balaban J connectivity index is 2.10. The predicted octanol–water partition coefficient (Wildman–Crippen LogP) is 4.21. The van der Waals surface area contributed by atoms with Gasteiger partial charge < -0.3 is 9.84 Å². The lowest BCUT2D eigenvalue weighted by Crippen LogP contribution is -2.20. The number of aliphatic hydroxyl groups is 1. The highest BCUT2D eigenvalue weighted by molar-refractivity contribution is 5.63. The normalized spacial score (nSPS) is 12.3. The molecule has 0 bridgehead atoms. The second kappa shape index (κ2) is 6.58. The number of rotatable bonds is 5. The molecular weight excluding hydrogens is 307 g/mol. The van der Waals surface area contributed by atoms with Gasteiger partial charge in [-0.15, -0.1) is 13.2 Å². The summed E-state index contributed by atoms with van der Waals surface area (Å²) >= 11 is 0. The molecule has 0 aliphatic rings. The number of aliphatic hydroxyl groups excluding tert-OH is 1. The quantitative estimate of drug-likeness (QED) is 0.895. The number of aromatic nitrogens is 1. The van der Waals surface area contributed by atoms with Gasteiger partial charge in [0.2, 0.25) is 0 Å². The molecule has 0 saturated heterocycles. The zero-order valence-corrected chi connectivity index (χ0v) is 12.9. The molecule has 124 valence electrons. The largest absolute Gasteiger partial charge is 0.573 e. The maximum absolute atomic E-state index is 12.1. The number of hydrogen-bond acceptors (Lipinski definition) is 3. The van der Waals surface area contributed by atoms with E-state index in [1.807, 2.05) is 26.0 Å². The first kappa shape index (κ1) is 17.3. The summed E-state index contributed by atoms with van der Waals surface area (Å²) in [6.07, 6.45) is -2.38. The Morgan fingerprint density at radius 1 is 1.00 bits per heavy atom. The van der Waals surface area contributed by atoms with E-state index in [-0.39, 0.29) is 17.8 Å². The van der Waals surface area contributed by atoms with Crippen molar-refractivity contribution < 1.29 is 23.0 Å². The molecule has 0 saturated carbocycles. The molecule has 0 unspecified atom stereocenters. The Morgan fingerprint density at radius 3 is 2.09 bits per heavy atom. The van der Waals surface area contributed by atoms with E-state index in [1.54, 1.807) is 18.3 Å². The van der Waals surface area contributed by atoms with Crippen LogP contribution in [0.5, 0.6) is 5.75 Å². The van der Waals surface area contributed by atoms with Gasteiger partial charge in [-0.05, 0) is 35.6 Å². The number of pyridine rings is 1. The van der Waals surface area contributed by atoms with Crippen LogP contribution in [-0.2, 0) is 6.42 Å². The van der Waals surface area contributed by atoms with E-state index in [4.69, 9.17) is 0 Å². The molecule has 0 aliphatic carbocycles. The van der Waals surface area contributed by atoms with Gasteiger partial charge in [-0.25, -0.2) is 0 Å². The molecular formula is C17H18F3NO2. The van der Waals surface area contributed by atoms with E-state index in [0.29, 0.717) is 6.42 Å². The summed E-state index contributed by atoms with van der Waals surface area (Å²) in [6, 6.07) is 9.35. The number of halogens is 3. The second-order valence-corrected chi connectivity index (χ2v) is 6.11. The van der Waals surface area contributed by atoms with Crippen LogP contribution < -0.4 is 4.74 Å². The van der Waals surface area contributed by atoms with E-state index in [2.05, 4.69) is 9.72 Å². The third kappa shape index (κ3) is 5.25. The van der Waals surface area contributed by atoms with Gasteiger partial charge in [0, 0.05) is 24.1 Å². The van der Waals surface area contributed by atoms with Crippen molar-refractivity contribution >= 4 is 0 Å². The fraction of sp³-hybridized carbons (Fsp3) is 0.353. The molecule has 0 radical (unpaired) electrons. The van der Waals surface area contributed by atoms with Crippen molar-refractivity contribution in [2.75, 3.05) is 6.61 Å². The molecule has 1 N–H and O–H groups in total. The van der Waals surface area contributed by atoms with E-state index in [9.17, 15) is 18.3 Å².